The Morgan fingerprint density at radius 3 is 2.56 bits per heavy atom. The highest BCUT2D eigenvalue weighted by atomic mass is 19.1. The molecule has 1 N–H and O–H groups in total. The average Bonchev–Trinajstić information content (AvgIpc) is 2.85. The van der Waals surface area contributed by atoms with Crippen molar-refractivity contribution in [1.29, 1.82) is 0 Å². The van der Waals surface area contributed by atoms with Gasteiger partial charge in [-0.05, 0) is 30.5 Å². The Hall–Kier alpha value is -1.58. The number of hydrogen-bond acceptors (Lipinski definition) is 1. The third-order valence-corrected chi connectivity index (χ3v) is 3.36. The fourth-order valence-electron chi connectivity index (χ4n) is 2.29. The Kier molecular flexibility index (Phi) is 4.18. The van der Waals surface area contributed by atoms with Gasteiger partial charge in [-0.1, -0.05) is 25.0 Å². The first-order valence-electron chi connectivity index (χ1n) is 6.41. The van der Waals surface area contributed by atoms with Crippen LogP contribution in [-0.2, 0) is 6.54 Å². The molecule has 1 aromatic carbocycles. The van der Waals surface area contributed by atoms with Gasteiger partial charge in [-0.2, -0.15) is 0 Å². The summed E-state index contributed by atoms with van der Waals surface area (Å²) in [7, 11) is 1.76. The Labute approximate surface area is 107 Å². The molecule has 0 aliphatic heterocycles. The number of carbonyl (C=O) groups is 1. The predicted octanol–water partition coefficient (Wildman–Crippen LogP) is 2.91. The lowest BCUT2D eigenvalue weighted by atomic mass is 10.2. The lowest BCUT2D eigenvalue weighted by Gasteiger charge is -2.21. The van der Waals surface area contributed by atoms with Crippen LogP contribution >= 0.6 is 0 Å². The van der Waals surface area contributed by atoms with Crippen LogP contribution in [0.2, 0.25) is 0 Å². The summed E-state index contributed by atoms with van der Waals surface area (Å²) in [6, 6.07) is 6.51. The smallest absolute Gasteiger partial charge is 0.317 e. The highest BCUT2D eigenvalue weighted by molar-refractivity contribution is 5.74. The zero-order valence-corrected chi connectivity index (χ0v) is 10.7. The number of rotatable bonds is 3. The van der Waals surface area contributed by atoms with E-state index in [1.165, 1.54) is 25.0 Å². The minimum Gasteiger partial charge on any atom is -0.335 e. The maximum absolute atomic E-state index is 12.8. The van der Waals surface area contributed by atoms with E-state index in [4.69, 9.17) is 0 Å². The van der Waals surface area contributed by atoms with Crippen LogP contribution in [0.25, 0.3) is 0 Å². The molecule has 1 saturated carbocycles. The third kappa shape index (κ3) is 3.45. The SMILES string of the molecule is CN(Cc1ccc(F)cc1)C(=O)NC1CCCC1. The second-order valence-electron chi connectivity index (χ2n) is 4.91. The van der Waals surface area contributed by atoms with Crippen LogP contribution in [0.3, 0.4) is 0 Å². The van der Waals surface area contributed by atoms with E-state index >= 15 is 0 Å². The van der Waals surface area contributed by atoms with Crippen molar-refractivity contribution in [2.45, 2.75) is 38.3 Å². The van der Waals surface area contributed by atoms with Crippen LogP contribution in [0.15, 0.2) is 24.3 Å². The molecule has 4 heteroatoms. The molecule has 0 bridgehead atoms. The average molecular weight is 250 g/mol. The van der Waals surface area contributed by atoms with Gasteiger partial charge in [0.1, 0.15) is 5.82 Å². The molecule has 98 valence electrons. The van der Waals surface area contributed by atoms with E-state index in [0.29, 0.717) is 12.6 Å². The molecule has 0 aromatic heterocycles. The number of carbonyl (C=O) groups excluding carboxylic acids is 1. The summed E-state index contributed by atoms with van der Waals surface area (Å²) in [5.41, 5.74) is 0.931. The van der Waals surface area contributed by atoms with Crippen LogP contribution in [0.4, 0.5) is 9.18 Å². The second-order valence-corrected chi connectivity index (χ2v) is 4.91. The van der Waals surface area contributed by atoms with Gasteiger partial charge in [0.15, 0.2) is 0 Å². The van der Waals surface area contributed by atoms with Gasteiger partial charge in [0, 0.05) is 19.6 Å². The number of amides is 2. The van der Waals surface area contributed by atoms with Crippen molar-refractivity contribution < 1.29 is 9.18 Å². The van der Waals surface area contributed by atoms with Gasteiger partial charge in [-0.15, -0.1) is 0 Å². The summed E-state index contributed by atoms with van der Waals surface area (Å²) >= 11 is 0. The number of nitrogens with one attached hydrogen (secondary N) is 1. The Balaban J connectivity index is 1.84. The number of halogens is 1. The van der Waals surface area contributed by atoms with Gasteiger partial charge in [0.2, 0.25) is 0 Å². The van der Waals surface area contributed by atoms with Gasteiger partial charge in [-0.25, -0.2) is 9.18 Å². The van der Waals surface area contributed by atoms with Crippen molar-refractivity contribution >= 4 is 6.03 Å². The van der Waals surface area contributed by atoms with Crippen molar-refractivity contribution in [3.63, 3.8) is 0 Å². The number of urea groups is 1. The van der Waals surface area contributed by atoms with Crippen LogP contribution < -0.4 is 5.32 Å². The quantitative estimate of drug-likeness (QED) is 0.879. The van der Waals surface area contributed by atoms with Crippen LogP contribution in [-0.4, -0.2) is 24.0 Å². The fraction of sp³-hybridized carbons (Fsp3) is 0.500. The largest absolute Gasteiger partial charge is 0.335 e. The van der Waals surface area contributed by atoms with E-state index < -0.39 is 0 Å². The van der Waals surface area contributed by atoms with E-state index in [9.17, 15) is 9.18 Å². The predicted molar refractivity (Wildman–Crippen MR) is 68.7 cm³/mol. The van der Waals surface area contributed by atoms with Gasteiger partial charge >= 0.3 is 6.03 Å². The van der Waals surface area contributed by atoms with E-state index in [1.54, 1.807) is 24.1 Å². The molecule has 0 atom stereocenters. The molecule has 0 heterocycles. The van der Waals surface area contributed by atoms with Crippen LogP contribution in [0, 0.1) is 5.82 Å². The van der Waals surface area contributed by atoms with Crippen molar-refractivity contribution in [2.75, 3.05) is 7.05 Å². The Morgan fingerprint density at radius 2 is 1.94 bits per heavy atom. The summed E-state index contributed by atoms with van der Waals surface area (Å²) in [5, 5.41) is 3.02. The molecule has 1 fully saturated rings. The molecule has 1 aliphatic carbocycles. The van der Waals surface area contributed by atoms with Gasteiger partial charge in [0.05, 0.1) is 0 Å². The lowest BCUT2D eigenvalue weighted by molar-refractivity contribution is 0.202. The summed E-state index contributed by atoms with van der Waals surface area (Å²) < 4.78 is 12.8. The third-order valence-electron chi connectivity index (χ3n) is 3.36. The first-order chi connectivity index (χ1) is 8.65. The van der Waals surface area contributed by atoms with Gasteiger partial charge < -0.3 is 10.2 Å². The van der Waals surface area contributed by atoms with Crippen molar-refractivity contribution in [2.24, 2.45) is 0 Å². The van der Waals surface area contributed by atoms with Crippen LogP contribution in [0.5, 0.6) is 0 Å². The van der Waals surface area contributed by atoms with Gasteiger partial charge in [-0.3, -0.25) is 0 Å². The number of benzene rings is 1. The monoisotopic (exact) mass is 250 g/mol. The molecule has 0 saturated heterocycles. The zero-order chi connectivity index (χ0) is 13.0. The summed E-state index contributed by atoms with van der Waals surface area (Å²) in [4.78, 5) is 13.5. The molecule has 2 amide bonds. The standard InChI is InChI=1S/C14H19FN2O/c1-17(10-11-6-8-12(15)9-7-11)14(18)16-13-4-2-3-5-13/h6-9,13H,2-5,10H2,1H3,(H,16,18). The normalized spacial score (nSPS) is 15.7. The fourth-order valence-corrected chi connectivity index (χ4v) is 2.29. The molecular formula is C14H19FN2O. The molecule has 1 aromatic rings. The minimum atomic E-state index is -0.253. The Morgan fingerprint density at radius 1 is 1.33 bits per heavy atom. The first kappa shape index (κ1) is 12.9. The maximum Gasteiger partial charge on any atom is 0.317 e. The molecular weight excluding hydrogens is 231 g/mol. The molecule has 2 rings (SSSR count). The zero-order valence-electron chi connectivity index (χ0n) is 10.7. The summed E-state index contributed by atoms with van der Waals surface area (Å²) in [6.07, 6.45) is 4.56. The van der Waals surface area contributed by atoms with Crippen LogP contribution in [0.1, 0.15) is 31.2 Å². The molecule has 0 unspecified atom stereocenters. The van der Waals surface area contributed by atoms with Gasteiger partial charge in [0.25, 0.3) is 0 Å². The highest BCUT2D eigenvalue weighted by Crippen LogP contribution is 2.17. The molecule has 0 radical (unpaired) electrons. The van der Waals surface area contributed by atoms with E-state index in [0.717, 1.165) is 18.4 Å². The van der Waals surface area contributed by atoms with E-state index in [-0.39, 0.29) is 11.8 Å². The van der Waals surface area contributed by atoms with Crippen molar-refractivity contribution in [3.05, 3.63) is 35.6 Å². The second kappa shape index (κ2) is 5.85. The molecule has 1 aliphatic rings. The van der Waals surface area contributed by atoms with E-state index in [1.807, 2.05) is 0 Å². The van der Waals surface area contributed by atoms with Crippen molar-refractivity contribution in [1.82, 2.24) is 10.2 Å². The summed E-state index contributed by atoms with van der Waals surface area (Å²) in [5.74, 6) is -0.253. The number of nitrogens with zero attached hydrogens (tertiary/aromatic N) is 1. The first-order valence-corrected chi connectivity index (χ1v) is 6.41. The maximum atomic E-state index is 12.8. The molecule has 0 spiro atoms. The topological polar surface area (TPSA) is 32.3 Å². The minimum absolute atomic E-state index is 0.0498. The summed E-state index contributed by atoms with van der Waals surface area (Å²) in [6.45, 7) is 0.499. The number of hydrogen-bond donors (Lipinski definition) is 1. The van der Waals surface area contributed by atoms with Crippen molar-refractivity contribution in [3.8, 4) is 0 Å². The highest BCUT2D eigenvalue weighted by Gasteiger charge is 2.18. The Bertz CT molecular complexity index is 399. The lowest BCUT2D eigenvalue weighted by Crippen LogP contribution is -2.41. The molecule has 3 nitrogen and oxygen atoms in total. The van der Waals surface area contributed by atoms with E-state index in [2.05, 4.69) is 5.32 Å². The molecule has 18 heavy (non-hydrogen) atoms.